The molecule has 1 N–H and O–H groups in total. The van der Waals surface area contributed by atoms with E-state index >= 15 is 0 Å². The molecule has 0 spiro atoms. The third-order valence-corrected chi connectivity index (χ3v) is 3.05. The Morgan fingerprint density at radius 1 is 1.40 bits per heavy atom. The second-order valence-electron chi connectivity index (χ2n) is 3.92. The number of ether oxygens (including phenoxy) is 1. The SMILES string of the molecule is CF.Cc1cc2c(cc1Cl)C=C(C(=O)O)C(C(F)F)O2. The predicted octanol–water partition coefficient (Wildman–Crippen LogP) is 3.73. The number of aliphatic carboxylic acids is 1. The number of carbonyl (C=O) groups is 1. The van der Waals surface area contributed by atoms with Crippen molar-refractivity contribution < 1.29 is 27.8 Å². The molecule has 1 aromatic carbocycles. The first-order valence-corrected chi connectivity index (χ1v) is 5.85. The fourth-order valence-corrected chi connectivity index (χ4v) is 1.88. The van der Waals surface area contributed by atoms with Gasteiger partial charge in [0, 0.05) is 10.6 Å². The Balaban J connectivity index is 0.000000956. The number of carboxylic acid groups (broad SMARTS) is 1. The zero-order valence-corrected chi connectivity index (χ0v) is 11.4. The highest BCUT2D eigenvalue weighted by atomic mass is 35.5. The number of rotatable bonds is 2. The second-order valence-corrected chi connectivity index (χ2v) is 4.32. The zero-order chi connectivity index (χ0) is 15.4. The van der Waals surface area contributed by atoms with Crippen LogP contribution in [0.3, 0.4) is 0 Å². The number of hydrogen-bond donors (Lipinski definition) is 1. The Bertz CT molecular complexity index is 544. The van der Waals surface area contributed by atoms with Gasteiger partial charge in [0.05, 0.1) is 12.8 Å². The molecule has 1 aromatic rings. The van der Waals surface area contributed by atoms with Crippen LogP contribution in [-0.2, 0) is 4.79 Å². The fraction of sp³-hybridized carbons (Fsp3) is 0.308. The highest BCUT2D eigenvalue weighted by Gasteiger charge is 2.34. The van der Waals surface area contributed by atoms with Gasteiger partial charge in [0.15, 0.2) is 6.10 Å². The molecular weight excluding hydrogens is 297 g/mol. The average molecular weight is 309 g/mol. The van der Waals surface area contributed by atoms with Crippen LogP contribution in [0.25, 0.3) is 6.08 Å². The molecule has 1 aliphatic heterocycles. The summed E-state index contributed by atoms with van der Waals surface area (Å²) < 4.78 is 40.0. The van der Waals surface area contributed by atoms with Crippen LogP contribution in [0, 0.1) is 6.92 Å². The summed E-state index contributed by atoms with van der Waals surface area (Å²) in [5.74, 6) is -1.21. The van der Waals surface area contributed by atoms with Crippen LogP contribution in [0.15, 0.2) is 17.7 Å². The predicted molar refractivity (Wildman–Crippen MR) is 69.3 cm³/mol. The first-order chi connectivity index (χ1) is 9.40. The molecule has 0 saturated carbocycles. The molecule has 2 rings (SSSR count). The quantitative estimate of drug-likeness (QED) is 0.905. The molecule has 110 valence electrons. The first-order valence-electron chi connectivity index (χ1n) is 5.47. The fourth-order valence-electron chi connectivity index (χ4n) is 1.71. The Labute approximate surface area is 118 Å². The van der Waals surface area contributed by atoms with Crippen molar-refractivity contribution in [3.8, 4) is 5.75 Å². The molecule has 0 aromatic heterocycles. The van der Waals surface area contributed by atoms with Gasteiger partial charge in [-0.25, -0.2) is 13.6 Å². The lowest BCUT2D eigenvalue weighted by atomic mass is 10.0. The Kier molecular flexibility index (Phi) is 5.44. The van der Waals surface area contributed by atoms with E-state index in [0.29, 0.717) is 23.3 Å². The van der Waals surface area contributed by atoms with Gasteiger partial charge >= 0.3 is 5.97 Å². The Hall–Kier alpha value is -1.69. The summed E-state index contributed by atoms with van der Waals surface area (Å²) in [5, 5.41) is 9.32. The minimum atomic E-state index is -2.91. The molecule has 0 radical (unpaired) electrons. The minimum absolute atomic E-state index is 0.215. The van der Waals surface area contributed by atoms with Gasteiger partial charge in [-0.3, -0.25) is 4.39 Å². The van der Waals surface area contributed by atoms with E-state index in [1.807, 2.05) is 0 Å². The lowest BCUT2D eigenvalue weighted by Crippen LogP contribution is -2.33. The summed E-state index contributed by atoms with van der Waals surface area (Å²) in [6, 6.07) is 3.01. The molecule has 20 heavy (non-hydrogen) atoms. The molecule has 0 fully saturated rings. The smallest absolute Gasteiger partial charge is 0.335 e. The summed E-state index contributed by atoms with van der Waals surface area (Å²) >= 11 is 5.89. The second kappa shape index (κ2) is 6.65. The van der Waals surface area contributed by atoms with Crippen molar-refractivity contribution >= 4 is 23.6 Å². The summed E-state index contributed by atoms with van der Waals surface area (Å²) in [7, 11) is 0.500. The molecular formula is C13H12ClF3O3. The molecule has 7 heteroatoms. The number of benzene rings is 1. The maximum Gasteiger partial charge on any atom is 0.335 e. The largest absolute Gasteiger partial charge is 0.479 e. The lowest BCUT2D eigenvalue weighted by Gasteiger charge is -2.25. The van der Waals surface area contributed by atoms with Crippen molar-refractivity contribution in [2.45, 2.75) is 19.5 Å². The van der Waals surface area contributed by atoms with E-state index in [4.69, 9.17) is 21.4 Å². The van der Waals surface area contributed by atoms with Crippen molar-refractivity contribution in [3.63, 3.8) is 0 Å². The number of aryl methyl sites for hydroxylation is 1. The van der Waals surface area contributed by atoms with Crippen molar-refractivity contribution in [2.75, 3.05) is 7.18 Å². The van der Waals surface area contributed by atoms with Gasteiger partial charge in [0.25, 0.3) is 6.43 Å². The van der Waals surface area contributed by atoms with Crippen molar-refractivity contribution in [3.05, 3.63) is 33.9 Å². The first kappa shape index (κ1) is 16.4. The van der Waals surface area contributed by atoms with Crippen LogP contribution in [0.1, 0.15) is 11.1 Å². The van der Waals surface area contributed by atoms with Gasteiger partial charge < -0.3 is 9.84 Å². The molecule has 1 atom stereocenters. The number of halogens is 4. The highest BCUT2D eigenvalue weighted by Crippen LogP contribution is 2.35. The van der Waals surface area contributed by atoms with E-state index in [1.54, 1.807) is 6.92 Å². The van der Waals surface area contributed by atoms with Crippen LogP contribution in [0.2, 0.25) is 5.02 Å². The summed E-state index contributed by atoms with van der Waals surface area (Å²) in [4.78, 5) is 10.9. The molecule has 0 bridgehead atoms. The van der Waals surface area contributed by atoms with Gasteiger partial charge in [-0.1, -0.05) is 11.6 Å². The summed E-state index contributed by atoms with van der Waals surface area (Å²) in [5.41, 5.74) is 0.591. The molecule has 1 aliphatic rings. The van der Waals surface area contributed by atoms with Crippen LogP contribution in [0.5, 0.6) is 5.75 Å². The lowest BCUT2D eigenvalue weighted by molar-refractivity contribution is -0.134. The Morgan fingerprint density at radius 2 is 2.00 bits per heavy atom. The Morgan fingerprint density at radius 3 is 2.50 bits per heavy atom. The normalized spacial score (nSPS) is 16.6. The molecule has 3 nitrogen and oxygen atoms in total. The van der Waals surface area contributed by atoms with Crippen molar-refractivity contribution in [2.24, 2.45) is 0 Å². The standard InChI is InChI=1S/C12H9ClF2O3.CH3F/c1-5-2-9-6(4-8(5)13)3-7(12(16)17)10(18-9)11(14)15;1-2/h2-4,10-11H,1H3,(H,16,17);1H3. The molecule has 0 aliphatic carbocycles. The summed E-state index contributed by atoms with van der Waals surface area (Å²) in [6.45, 7) is 1.71. The number of carboxylic acids is 1. The van der Waals surface area contributed by atoms with Gasteiger partial charge in [0.1, 0.15) is 5.75 Å². The van der Waals surface area contributed by atoms with E-state index in [2.05, 4.69) is 0 Å². The summed E-state index contributed by atoms with van der Waals surface area (Å²) in [6.07, 6.45) is -3.49. The van der Waals surface area contributed by atoms with E-state index in [1.165, 1.54) is 18.2 Å². The van der Waals surface area contributed by atoms with E-state index in [9.17, 15) is 18.0 Å². The van der Waals surface area contributed by atoms with Gasteiger partial charge in [-0.2, -0.15) is 0 Å². The number of hydrogen-bond acceptors (Lipinski definition) is 2. The molecule has 0 saturated heterocycles. The van der Waals surface area contributed by atoms with Gasteiger partial charge in [0.2, 0.25) is 0 Å². The van der Waals surface area contributed by atoms with Crippen LogP contribution >= 0.6 is 11.6 Å². The van der Waals surface area contributed by atoms with Crippen molar-refractivity contribution in [1.29, 1.82) is 0 Å². The number of fused-ring (bicyclic) bond motifs is 1. The molecule has 1 heterocycles. The highest BCUT2D eigenvalue weighted by molar-refractivity contribution is 6.31. The van der Waals surface area contributed by atoms with E-state index < -0.39 is 24.1 Å². The average Bonchev–Trinajstić information content (AvgIpc) is 2.40. The van der Waals surface area contributed by atoms with E-state index in [0.717, 1.165) is 0 Å². The maximum absolute atomic E-state index is 12.7. The van der Waals surface area contributed by atoms with Gasteiger partial charge in [-0.15, -0.1) is 0 Å². The number of alkyl halides is 3. The third-order valence-electron chi connectivity index (χ3n) is 2.64. The topological polar surface area (TPSA) is 46.5 Å². The van der Waals surface area contributed by atoms with Crippen LogP contribution in [-0.4, -0.2) is 30.8 Å². The molecule has 1 unspecified atom stereocenters. The third kappa shape index (κ3) is 3.25. The monoisotopic (exact) mass is 308 g/mol. The zero-order valence-electron chi connectivity index (χ0n) is 10.7. The van der Waals surface area contributed by atoms with Crippen LogP contribution < -0.4 is 4.74 Å². The van der Waals surface area contributed by atoms with E-state index in [-0.39, 0.29) is 5.75 Å². The maximum atomic E-state index is 12.7. The van der Waals surface area contributed by atoms with Crippen LogP contribution in [0.4, 0.5) is 13.2 Å². The van der Waals surface area contributed by atoms with Crippen molar-refractivity contribution in [1.82, 2.24) is 0 Å². The van der Waals surface area contributed by atoms with Gasteiger partial charge in [-0.05, 0) is 30.7 Å². The molecule has 0 amide bonds. The minimum Gasteiger partial charge on any atom is -0.479 e.